The fourth-order valence-corrected chi connectivity index (χ4v) is 1.08. The second kappa shape index (κ2) is 4.66. The van der Waals surface area contributed by atoms with Gasteiger partial charge in [0, 0.05) is 0 Å². The number of hydrogen-bond acceptors (Lipinski definition) is 3. The fraction of sp³-hybridized carbons (Fsp3) is 0. The Bertz CT molecular complexity index is 306. The van der Waals surface area contributed by atoms with Gasteiger partial charge < -0.3 is 4.55 Å². The molecular formula is C6H5BaO3S+. The Labute approximate surface area is 106 Å². The molecule has 0 heterocycles. The molecule has 1 aromatic rings. The average Bonchev–Trinajstić information content (AvgIpc) is 1.88. The van der Waals surface area contributed by atoms with Crippen LogP contribution in [0.25, 0.3) is 0 Å². The van der Waals surface area contributed by atoms with Crippen LogP contribution in [0.2, 0.25) is 0 Å². The van der Waals surface area contributed by atoms with Crippen LogP contribution in [0.5, 0.6) is 0 Å². The summed E-state index contributed by atoms with van der Waals surface area (Å²) in [6.07, 6.45) is 0. The van der Waals surface area contributed by atoms with Crippen molar-refractivity contribution < 1.29 is 13.0 Å². The van der Waals surface area contributed by atoms with Gasteiger partial charge in [-0.1, -0.05) is 18.2 Å². The first kappa shape index (κ1) is 11.7. The monoisotopic (exact) mass is 295 g/mol. The Kier molecular flexibility index (Phi) is 4.96. The maximum Gasteiger partial charge on any atom is 2.00 e. The standard InChI is InChI=1S/C6H6O3S.Ba/c7-10(8,9)6-4-2-1-3-5-6;/h1-5H,(H,7,8,9);/q;+2/p-1. The molecule has 5 heteroatoms. The van der Waals surface area contributed by atoms with E-state index in [-0.39, 0.29) is 53.8 Å². The predicted molar refractivity (Wildman–Crippen MR) is 40.2 cm³/mol. The minimum absolute atomic E-state index is 0. The predicted octanol–water partition coefficient (Wildman–Crippen LogP) is 0.210. The van der Waals surface area contributed by atoms with Gasteiger partial charge in [0.15, 0.2) is 0 Å². The third kappa shape index (κ3) is 3.75. The molecule has 1 aromatic carbocycles. The molecule has 0 N–H and O–H groups in total. The van der Waals surface area contributed by atoms with Crippen LogP contribution in [-0.4, -0.2) is 61.9 Å². The molecule has 0 aliphatic heterocycles. The van der Waals surface area contributed by atoms with Crippen LogP contribution in [-0.2, 0) is 10.1 Å². The van der Waals surface area contributed by atoms with Crippen molar-refractivity contribution in [2.45, 2.75) is 4.90 Å². The first-order chi connectivity index (χ1) is 4.61. The van der Waals surface area contributed by atoms with Gasteiger partial charge in [0.2, 0.25) is 0 Å². The molecule has 0 spiro atoms. The SMILES string of the molecule is O=S(=O)([O-])c1ccccc1.[Ba+2]. The van der Waals surface area contributed by atoms with E-state index < -0.39 is 10.1 Å². The summed E-state index contributed by atoms with van der Waals surface area (Å²) in [5.74, 6) is 0. The largest absolute Gasteiger partial charge is 2.00 e. The second-order valence-corrected chi connectivity index (χ2v) is 3.15. The van der Waals surface area contributed by atoms with Gasteiger partial charge in [-0.15, -0.1) is 0 Å². The summed E-state index contributed by atoms with van der Waals surface area (Å²) < 4.78 is 30.8. The molecule has 0 radical (unpaired) electrons. The molecule has 0 fully saturated rings. The van der Waals surface area contributed by atoms with E-state index in [4.69, 9.17) is 0 Å². The van der Waals surface area contributed by atoms with Gasteiger partial charge in [-0.05, 0) is 12.1 Å². The van der Waals surface area contributed by atoms with Crippen molar-refractivity contribution >= 4 is 59.0 Å². The zero-order valence-corrected chi connectivity index (χ0v) is 11.0. The molecule has 0 aliphatic rings. The van der Waals surface area contributed by atoms with Crippen LogP contribution < -0.4 is 0 Å². The quantitative estimate of drug-likeness (QED) is 0.549. The Morgan fingerprint density at radius 1 is 1.09 bits per heavy atom. The van der Waals surface area contributed by atoms with E-state index in [1.54, 1.807) is 6.07 Å². The van der Waals surface area contributed by atoms with E-state index in [9.17, 15) is 13.0 Å². The molecule has 0 unspecified atom stereocenters. The van der Waals surface area contributed by atoms with Crippen molar-refractivity contribution in [2.24, 2.45) is 0 Å². The molecule has 0 aliphatic carbocycles. The zero-order chi connectivity index (χ0) is 7.61. The summed E-state index contributed by atoms with van der Waals surface area (Å²) in [5, 5.41) is 0. The van der Waals surface area contributed by atoms with Crippen molar-refractivity contribution in [1.29, 1.82) is 0 Å². The van der Waals surface area contributed by atoms with Crippen molar-refractivity contribution in [2.75, 3.05) is 0 Å². The molecule has 0 saturated carbocycles. The molecule has 0 atom stereocenters. The smallest absolute Gasteiger partial charge is 0.744 e. The first-order valence-electron chi connectivity index (χ1n) is 2.61. The van der Waals surface area contributed by atoms with E-state index in [0.717, 1.165) is 0 Å². The van der Waals surface area contributed by atoms with Crippen molar-refractivity contribution in [3.63, 3.8) is 0 Å². The fourth-order valence-electron chi connectivity index (χ4n) is 0.587. The van der Waals surface area contributed by atoms with E-state index in [0.29, 0.717) is 0 Å². The summed E-state index contributed by atoms with van der Waals surface area (Å²) in [4.78, 5) is -0.185. The van der Waals surface area contributed by atoms with Crippen molar-refractivity contribution in [1.82, 2.24) is 0 Å². The number of hydrogen-bond donors (Lipinski definition) is 0. The van der Waals surface area contributed by atoms with Gasteiger partial charge in [0.25, 0.3) is 0 Å². The van der Waals surface area contributed by atoms with Crippen LogP contribution in [0.3, 0.4) is 0 Å². The molecule has 54 valence electrons. The topological polar surface area (TPSA) is 57.2 Å². The van der Waals surface area contributed by atoms with Gasteiger partial charge in [-0.2, -0.15) is 0 Å². The Morgan fingerprint density at radius 2 is 1.55 bits per heavy atom. The van der Waals surface area contributed by atoms with Crippen LogP contribution in [0, 0.1) is 0 Å². The Morgan fingerprint density at radius 3 is 1.82 bits per heavy atom. The molecule has 3 nitrogen and oxygen atoms in total. The summed E-state index contributed by atoms with van der Waals surface area (Å²) in [7, 11) is -4.25. The van der Waals surface area contributed by atoms with Gasteiger partial charge in [0.1, 0.15) is 10.1 Å². The molecule has 0 aromatic heterocycles. The molecule has 1 rings (SSSR count). The minimum Gasteiger partial charge on any atom is -0.744 e. The van der Waals surface area contributed by atoms with E-state index in [1.165, 1.54) is 24.3 Å². The average molecular weight is 294 g/mol. The van der Waals surface area contributed by atoms with Gasteiger partial charge >= 0.3 is 48.9 Å². The molecule has 0 bridgehead atoms. The summed E-state index contributed by atoms with van der Waals surface area (Å²) >= 11 is 0. The maximum atomic E-state index is 10.3. The summed E-state index contributed by atoms with van der Waals surface area (Å²) in [5.41, 5.74) is 0. The second-order valence-electron chi connectivity index (χ2n) is 1.77. The summed E-state index contributed by atoms with van der Waals surface area (Å²) in [6, 6.07) is 7.19. The van der Waals surface area contributed by atoms with Crippen molar-refractivity contribution in [3.05, 3.63) is 30.3 Å². The van der Waals surface area contributed by atoms with Crippen LogP contribution in [0.1, 0.15) is 0 Å². The van der Waals surface area contributed by atoms with Crippen molar-refractivity contribution in [3.8, 4) is 0 Å². The van der Waals surface area contributed by atoms with Gasteiger partial charge in [-0.25, -0.2) is 8.42 Å². The van der Waals surface area contributed by atoms with Gasteiger partial charge in [-0.3, -0.25) is 0 Å². The molecule has 0 amide bonds. The summed E-state index contributed by atoms with van der Waals surface area (Å²) in [6.45, 7) is 0. The number of benzene rings is 1. The molecular weight excluding hydrogens is 289 g/mol. The maximum absolute atomic E-state index is 10.3. The molecule has 0 saturated heterocycles. The normalized spacial score (nSPS) is 10.3. The Balaban J connectivity index is 0.000001000. The molecule has 11 heavy (non-hydrogen) atoms. The van der Waals surface area contributed by atoms with Crippen LogP contribution in [0.15, 0.2) is 35.2 Å². The van der Waals surface area contributed by atoms with E-state index in [1.807, 2.05) is 0 Å². The minimum atomic E-state index is -4.25. The van der Waals surface area contributed by atoms with E-state index in [2.05, 4.69) is 0 Å². The third-order valence-electron chi connectivity index (χ3n) is 1.03. The zero-order valence-electron chi connectivity index (χ0n) is 5.73. The number of rotatable bonds is 1. The third-order valence-corrected chi connectivity index (χ3v) is 1.88. The van der Waals surface area contributed by atoms with Crippen LogP contribution in [0.4, 0.5) is 0 Å². The van der Waals surface area contributed by atoms with Gasteiger partial charge in [0.05, 0.1) is 4.90 Å². The Hall–Kier alpha value is 0.701. The van der Waals surface area contributed by atoms with Crippen LogP contribution >= 0.6 is 0 Å². The first-order valence-corrected chi connectivity index (χ1v) is 4.02. The van der Waals surface area contributed by atoms with E-state index >= 15 is 0 Å².